The molecule has 0 unspecified atom stereocenters. The number of hydrogen-bond donors (Lipinski definition) is 2. The first kappa shape index (κ1) is 15.9. The molecule has 0 saturated carbocycles. The highest BCUT2D eigenvalue weighted by Gasteiger charge is 2.15. The van der Waals surface area contributed by atoms with Crippen molar-refractivity contribution in [2.75, 3.05) is 6.61 Å². The van der Waals surface area contributed by atoms with Gasteiger partial charge in [-0.15, -0.1) is 11.3 Å². The minimum Gasteiger partial charge on any atom is -0.394 e. The molecule has 0 radical (unpaired) electrons. The van der Waals surface area contributed by atoms with Gasteiger partial charge in [-0.05, 0) is 25.0 Å². The summed E-state index contributed by atoms with van der Waals surface area (Å²) in [6.07, 6.45) is 0.446. The van der Waals surface area contributed by atoms with Crippen LogP contribution in [0.25, 0.3) is 21.3 Å². The van der Waals surface area contributed by atoms with E-state index in [4.69, 9.17) is 5.11 Å². The summed E-state index contributed by atoms with van der Waals surface area (Å²) in [7, 11) is 0. The molecule has 0 saturated heterocycles. The third-order valence-electron chi connectivity index (χ3n) is 3.85. The molecule has 3 aromatic rings. The molecule has 0 bridgehead atoms. The van der Waals surface area contributed by atoms with Gasteiger partial charge in [0.15, 0.2) is 0 Å². The van der Waals surface area contributed by atoms with Gasteiger partial charge in [0.1, 0.15) is 4.83 Å². The fraction of sp³-hybridized carbons (Fsp3) is 0.294. The largest absolute Gasteiger partial charge is 0.394 e. The number of benzene rings is 1. The molecule has 5 nitrogen and oxygen atoms in total. The second kappa shape index (κ2) is 6.23. The normalized spacial score (nSPS) is 12.7. The van der Waals surface area contributed by atoms with Crippen molar-refractivity contribution in [1.29, 1.82) is 0 Å². The Hall–Kier alpha value is -2.02. The van der Waals surface area contributed by atoms with Crippen molar-refractivity contribution in [3.05, 3.63) is 51.4 Å². The van der Waals surface area contributed by atoms with Crippen LogP contribution < -0.4 is 5.56 Å². The molecule has 6 heteroatoms. The van der Waals surface area contributed by atoms with Crippen molar-refractivity contribution in [2.45, 2.75) is 26.5 Å². The lowest BCUT2D eigenvalue weighted by atomic mass is 9.99. The van der Waals surface area contributed by atoms with Gasteiger partial charge in [0.2, 0.25) is 0 Å². The molecule has 0 aliphatic rings. The second-order valence-corrected chi connectivity index (χ2v) is 6.54. The molecule has 0 amide bonds. The highest BCUT2D eigenvalue weighted by Crippen LogP contribution is 2.32. The molecule has 2 N–H and O–H groups in total. The minimum absolute atomic E-state index is 0.0282. The quantitative estimate of drug-likeness (QED) is 0.768. The predicted octanol–water partition coefficient (Wildman–Crippen LogP) is 2.10. The molecule has 1 atom stereocenters. The van der Waals surface area contributed by atoms with Crippen molar-refractivity contribution in [1.82, 2.24) is 9.55 Å². The number of nitrogens with zero attached hydrogens (tertiary/aromatic N) is 2. The summed E-state index contributed by atoms with van der Waals surface area (Å²) in [5.41, 5.74) is 3.97. The SMILES string of the molecule is Cc1ccc(-c2csc3ncn(C[C@H](O)CO)c(=O)c23)c(C)c1. The zero-order valence-corrected chi connectivity index (χ0v) is 13.8. The van der Waals surface area contributed by atoms with Gasteiger partial charge in [0.25, 0.3) is 5.56 Å². The average molecular weight is 330 g/mol. The highest BCUT2D eigenvalue weighted by atomic mass is 32.1. The van der Waals surface area contributed by atoms with E-state index in [0.29, 0.717) is 10.2 Å². The first-order chi connectivity index (χ1) is 11.0. The van der Waals surface area contributed by atoms with Gasteiger partial charge in [-0.3, -0.25) is 9.36 Å². The zero-order chi connectivity index (χ0) is 16.6. The standard InChI is InChI=1S/C17H18N2O3S/c1-10-3-4-13(11(2)5-10)14-8-23-16-15(14)17(22)19(9-18-16)6-12(21)7-20/h3-5,8-9,12,20-21H,6-7H2,1-2H3/t12-/m0/s1. The van der Waals surface area contributed by atoms with E-state index >= 15 is 0 Å². The topological polar surface area (TPSA) is 75.3 Å². The van der Waals surface area contributed by atoms with Gasteiger partial charge < -0.3 is 10.2 Å². The summed E-state index contributed by atoms with van der Waals surface area (Å²) in [6, 6.07) is 6.13. The number of aromatic nitrogens is 2. The van der Waals surface area contributed by atoms with E-state index in [0.717, 1.165) is 16.7 Å². The van der Waals surface area contributed by atoms with Crippen LogP contribution in [0.15, 0.2) is 34.7 Å². The van der Waals surface area contributed by atoms with Crippen LogP contribution in [0.4, 0.5) is 0 Å². The molecule has 23 heavy (non-hydrogen) atoms. The molecule has 0 fully saturated rings. The number of hydrogen-bond acceptors (Lipinski definition) is 5. The van der Waals surface area contributed by atoms with Crippen LogP contribution >= 0.6 is 11.3 Å². The number of rotatable bonds is 4. The lowest BCUT2D eigenvalue weighted by molar-refractivity contribution is 0.0803. The molecule has 120 valence electrons. The summed E-state index contributed by atoms with van der Waals surface area (Å²) in [6.45, 7) is 3.70. The Balaban J connectivity index is 2.19. The zero-order valence-electron chi connectivity index (χ0n) is 13.0. The van der Waals surface area contributed by atoms with Crippen LogP contribution in [0.2, 0.25) is 0 Å². The van der Waals surface area contributed by atoms with E-state index in [2.05, 4.69) is 11.1 Å². The summed E-state index contributed by atoms with van der Waals surface area (Å²) in [5.74, 6) is 0. The fourth-order valence-electron chi connectivity index (χ4n) is 2.70. The smallest absolute Gasteiger partial charge is 0.262 e. The van der Waals surface area contributed by atoms with Crippen molar-refractivity contribution in [3.63, 3.8) is 0 Å². The van der Waals surface area contributed by atoms with Crippen molar-refractivity contribution in [3.8, 4) is 11.1 Å². The Labute approximate surface area is 137 Å². The number of aryl methyl sites for hydroxylation is 2. The van der Waals surface area contributed by atoms with Crippen LogP contribution in [-0.2, 0) is 6.54 Å². The monoisotopic (exact) mass is 330 g/mol. The van der Waals surface area contributed by atoms with E-state index in [9.17, 15) is 9.90 Å². The molecule has 0 aliphatic heterocycles. The van der Waals surface area contributed by atoms with Gasteiger partial charge in [-0.25, -0.2) is 4.98 Å². The Morgan fingerprint density at radius 2 is 2.09 bits per heavy atom. The third kappa shape index (κ3) is 2.93. The van der Waals surface area contributed by atoms with Crippen molar-refractivity contribution >= 4 is 21.6 Å². The molecule has 3 rings (SSSR count). The third-order valence-corrected chi connectivity index (χ3v) is 4.74. The Morgan fingerprint density at radius 1 is 1.30 bits per heavy atom. The van der Waals surface area contributed by atoms with Gasteiger partial charge in [-0.1, -0.05) is 23.8 Å². The van der Waals surface area contributed by atoms with Crippen LogP contribution in [0.5, 0.6) is 0 Å². The Bertz CT molecular complexity index is 914. The van der Waals surface area contributed by atoms with Gasteiger partial charge in [0, 0.05) is 10.9 Å². The van der Waals surface area contributed by atoms with Gasteiger partial charge in [-0.2, -0.15) is 0 Å². The van der Waals surface area contributed by atoms with E-state index in [-0.39, 0.29) is 12.1 Å². The van der Waals surface area contributed by atoms with Crippen molar-refractivity contribution in [2.24, 2.45) is 0 Å². The van der Waals surface area contributed by atoms with Crippen LogP contribution in [0.1, 0.15) is 11.1 Å². The lowest BCUT2D eigenvalue weighted by Gasteiger charge is -2.10. The van der Waals surface area contributed by atoms with Crippen molar-refractivity contribution < 1.29 is 10.2 Å². The molecule has 1 aromatic carbocycles. The number of thiophene rings is 1. The molecule has 0 aliphatic carbocycles. The molecular weight excluding hydrogens is 312 g/mol. The molecular formula is C17H18N2O3S. The maximum atomic E-state index is 12.8. The fourth-order valence-corrected chi connectivity index (χ4v) is 3.59. The maximum absolute atomic E-state index is 12.8. The number of fused-ring (bicyclic) bond motifs is 1. The summed E-state index contributed by atoms with van der Waals surface area (Å²) in [5, 5.41) is 21.1. The van der Waals surface area contributed by atoms with Gasteiger partial charge >= 0.3 is 0 Å². The predicted molar refractivity (Wildman–Crippen MR) is 91.9 cm³/mol. The first-order valence-electron chi connectivity index (χ1n) is 7.34. The van der Waals surface area contributed by atoms with Crippen LogP contribution in [0.3, 0.4) is 0 Å². The lowest BCUT2D eigenvalue weighted by Crippen LogP contribution is -2.28. The molecule has 2 aromatic heterocycles. The number of aliphatic hydroxyl groups excluding tert-OH is 2. The Kier molecular flexibility index (Phi) is 4.30. The van der Waals surface area contributed by atoms with Crippen LogP contribution in [-0.4, -0.2) is 32.5 Å². The van der Waals surface area contributed by atoms with Crippen LogP contribution in [0, 0.1) is 13.8 Å². The number of aliphatic hydroxyl groups is 2. The summed E-state index contributed by atoms with van der Waals surface area (Å²) >= 11 is 1.43. The second-order valence-electron chi connectivity index (χ2n) is 5.69. The summed E-state index contributed by atoms with van der Waals surface area (Å²) < 4.78 is 1.35. The van der Waals surface area contributed by atoms with E-state index in [1.165, 1.54) is 27.8 Å². The van der Waals surface area contributed by atoms with E-state index in [1.807, 2.05) is 31.4 Å². The Morgan fingerprint density at radius 3 is 2.78 bits per heavy atom. The highest BCUT2D eigenvalue weighted by molar-refractivity contribution is 7.17. The van der Waals surface area contributed by atoms with E-state index in [1.54, 1.807) is 0 Å². The minimum atomic E-state index is -0.977. The van der Waals surface area contributed by atoms with E-state index < -0.39 is 12.7 Å². The first-order valence-corrected chi connectivity index (χ1v) is 8.22. The molecule has 0 spiro atoms. The average Bonchev–Trinajstić information content (AvgIpc) is 2.94. The molecule has 2 heterocycles. The van der Waals surface area contributed by atoms with Gasteiger partial charge in [0.05, 0.1) is 31.0 Å². The maximum Gasteiger partial charge on any atom is 0.262 e. The summed E-state index contributed by atoms with van der Waals surface area (Å²) in [4.78, 5) is 17.7.